The summed E-state index contributed by atoms with van der Waals surface area (Å²) in [4.78, 5) is 28.4. The Bertz CT molecular complexity index is 828. The standard InChI is InChI=1S/C16H21N3O4S/c1-3-24(22,23)10-12-4-6-19(7-5-12)16(21)14-8-13(9-17)15(20)18-11(14)2/h8,12H,3-7,10H2,1-2H3,(H,18,20). The molecule has 1 fully saturated rings. The fourth-order valence-electron chi connectivity index (χ4n) is 2.88. The first-order valence-corrected chi connectivity index (χ1v) is 9.73. The molecular weight excluding hydrogens is 330 g/mol. The van der Waals surface area contributed by atoms with Crippen molar-refractivity contribution in [2.45, 2.75) is 26.7 Å². The number of hydrogen-bond donors (Lipinski definition) is 1. The smallest absolute Gasteiger partial charge is 0.266 e. The molecular formula is C16H21N3O4S. The molecule has 1 aliphatic heterocycles. The molecule has 130 valence electrons. The van der Waals surface area contributed by atoms with E-state index >= 15 is 0 Å². The molecule has 0 aliphatic carbocycles. The number of piperidine rings is 1. The number of nitrogens with one attached hydrogen (secondary N) is 1. The number of H-pyrrole nitrogens is 1. The zero-order valence-corrected chi connectivity index (χ0v) is 14.6. The molecule has 7 nitrogen and oxygen atoms in total. The van der Waals surface area contributed by atoms with Crippen LogP contribution in [0.5, 0.6) is 0 Å². The van der Waals surface area contributed by atoms with Gasteiger partial charge in [0.1, 0.15) is 21.5 Å². The quantitative estimate of drug-likeness (QED) is 0.864. The molecule has 1 aromatic rings. The molecule has 0 saturated carbocycles. The molecule has 2 rings (SSSR count). The lowest BCUT2D eigenvalue weighted by Crippen LogP contribution is -2.40. The molecule has 0 atom stereocenters. The van der Waals surface area contributed by atoms with Gasteiger partial charge in [-0.2, -0.15) is 5.26 Å². The predicted octanol–water partition coefficient (Wildman–Crippen LogP) is 0.842. The number of aromatic nitrogens is 1. The fraction of sp³-hybridized carbons (Fsp3) is 0.562. The predicted molar refractivity (Wildman–Crippen MR) is 89.5 cm³/mol. The number of hydrogen-bond acceptors (Lipinski definition) is 5. The zero-order chi connectivity index (χ0) is 17.9. The number of sulfone groups is 1. The Labute approximate surface area is 141 Å². The van der Waals surface area contributed by atoms with Crippen molar-refractivity contribution in [1.29, 1.82) is 5.26 Å². The molecule has 0 spiro atoms. The van der Waals surface area contributed by atoms with Crippen LogP contribution in [0.3, 0.4) is 0 Å². The van der Waals surface area contributed by atoms with Crippen molar-refractivity contribution in [3.05, 3.63) is 33.2 Å². The Morgan fingerprint density at radius 2 is 2.04 bits per heavy atom. The van der Waals surface area contributed by atoms with E-state index in [0.29, 0.717) is 37.2 Å². The van der Waals surface area contributed by atoms with Crippen LogP contribution in [-0.2, 0) is 9.84 Å². The minimum absolute atomic E-state index is 0.0744. The second-order valence-corrected chi connectivity index (χ2v) is 8.49. The van der Waals surface area contributed by atoms with Gasteiger partial charge in [0.2, 0.25) is 0 Å². The summed E-state index contributed by atoms with van der Waals surface area (Å²) in [6, 6.07) is 3.10. The summed E-state index contributed by atoms with van der Waals surface area (Å²) >= 11 is 0. The Morgan fingerprint density at radius 1 is 1.42 bits per heavy atom. The summed E-state index contributed by atoms with van der Waals surface area (Å²) < 4.78 is 23.4. The van der Waals surface area contributed by atoms with Gasteiger partial charge in [0, 0.05) is 24.5 Å². The number of likely N-dealkylation sites (tertiary alicyclic amines) is 1. The Morgan fingerprint density at radius 3 is 2.58 bits per heavy atom. The average molecular weight is 351 g/mol. The van der Waals surface area contributed by atoms with E-state index in [2.05, 4.69) is 4.98 Å². The van der Waals surface area contributed by atoms with Crippen molar-refractivity contribution >= 4 is 15.7 Å². The van der Waals surface area contributed by atoms with E-state index in [4.69, 9.17) is 5.26 Å². The van der Waals surface area contributed by atoms with E-state index in [1.165, 1.54) is 6.07 Å². The molecule has 8 heteroatoms. The molecule has 1 amide bonds. The first-order valence-electron chi connectivity index (χ1n) is 7.91. The summed E-state index contributed by atoms with van der Waals surface area (Å²) in [5.74, 6) is 0.143. The van der Waals surface area contributed by atoms with E-state index in [0.717, 1.165) is 0 Å². The van der Waals surface area contributed by atoms with Gasteiger partial charge in [0.25, 0.3) is 11.5 Å². The minimum atomic E-state index is -3.01. The van der Waals surface area contributed by atoms with Crippen LogP contribution in [-0.4, -0.2) is 48.8 Å². The van der Waals surface area contributed by atoms with Crippen molar-refractivity contribution < 1.29 is 13.2 Å². The van der Waals surface area contributed by atoms with Gasteiger partial charge in [-0.25, -0.2) is 8.42 Å². The average Bonchev–Trinajstić information content (AvgIpc) is 2.55. The van der Waals surface area contributed by atoms with Crippen LogP contribution in [0, 0.1) is 24.2 Å². The second-order valence-electron chi connectivity index (χ2n) is 6.10. The Balaban J connectivity index is 2.09. The normalized spacial score (nSPS) is 16.0. The van der Waals surface area contributed by atoms with Gasteiger partial charge in [0.15, 0.2) is 0 Å². The first-order chi connectivity index (χ1) is 11.3. The molecule has 2 heterocycles. The largest absolute Gasteiger partial charge is 0.339 e. The summed E-state index contributed by atoms with van der Waals surface area (Å²) in [6.07, 6.45) is 1.27. The van der Waals surface area contributed by atoms with Crippen molar-refractivity contribution in [2.24, 2.45) is 5.92 Å². The van der Waals surface area contributed by atoms with E-state index < -0.39 is 15.4 Å². The summed E-state index contributed by atoms with van der Waals surface area (Å²) in [6.45, 7) is 4.21. The summed E-state index contributed by atoms with van der Waals surface area (Å²) in [7, 11) is -3.01. The Hall–Kier alpha value is -2.14. The monoisotopic (exact) mass is 351 g/mol. The molecule has 0 radical (unpaired) electrons. The number of carbonyl (C=O) groups is 1. The lowest BCUT2D eigenvalue weighted by atomic mass is 9.98. The molecule has 0 unspecified atom stereocenters. The van der Waals surface area contributed by atoms with Crippen LogP contribution < -0.4 is 5.56 Å². The van der Waals surface area contributed by atoms with E-state index in [1.54, 1.807) is 24.8 Å². The summed E-state index contributed by atoms with van der Waals surface area (Å²) in [5.41, 5.74) is 0.147. The number of aryl methyl sites for hydroxylation is 1. The van der Waals surface area contributed by atoms with Crippen molar-refractivity contribution in [3.8, 4) is 6.07 Å². The van der Waals surface area contributed by atoms with E-state index in [1.807, 2.05) is 0 Å². The zero-order valence-electron chi connectivity index (χ0n) is 13.8. The fourth-order valence-corrected chi connectivity index (χ4v) is 4.17. The maximum Gasteiger partial charge on any atom is 0.266 e. The number of amides is 1. The number of rotatable bonds is 4. The van der Waals surface area contributed by atoms with Crippen LogP contribution in [0.2, 0.25) is 0 Å². The van der Waals surface area contributed by atoms with Gasteiger partial charge in [-0.05, 0) is 31.7 Å². The maximum atomic E-state index is 12.6. The minimum Gasteiger partial charge on any atom is -0.339 e. The second kappa shape index (κ2) is 7.18. The molecule has 0 aromatic carbocycles. The maximum absolute atomic E-state index is 12.6. The van der Waals surface area contributed by atoms with Gasteiger partial charge in [0.05, 0.1) is 11.3 Å². The third-order valence-corrected chi connectivity index (χ3v) is 6.28. The van der Waals surface area contributed by atoms with Crippen LogP contribution >= 0.6 is 0 Å². The third kappa shape index (κ3) is 4.03. The third-order valence-electron chi connectivity index (χ3n) is 4.42. The molecule has 1 saturated heterocycles. The van der Waals surface area contributed by atoms with Crippen molar-refractivity contribution in [2.75, 3.05) is 24.6 Å². The lowest BCUT2D eigenvalue weighted by Gasteiger charge is -2.32. The van der Waals surface area contributed by atoms with Gasteiger partial charge >= 0.3 is 0 Å². The van der Waals surface area contributed by atoms with Gasteiger partial charge < -0.3 is 9.88 Å². The van der Waals surface area contributed by atoms with Crippen LogP contribution in [0.4, 0.5) is 0 Å². The molecule has 1 aliphatic rings. The number of pyridine rings is 1. The molecule has 0 bridgehead atoms. The van der Waals surface area contributed by atoms with E-state index in [9.17, 15) is 18.0 Å². The van der Waals surface area contributed by atoms with Crippen molar-refractivity contribution in [1.82, 2.24) is 9.88 Å². The van der Waals surface area contributed by atoms with Crippen molar-refractivity contribution in [3.63, 3.8) is 0 Å². The topological polar surface area (TPSA) is 111 Å². The highest BCUT2D eigenvalue weighted by Gasteiger charge is 2.27. The van der Waals surface area contributed by atoms with Crippen LogP contribution in [0.15, 0.2) is 10.9 Å². The molecule has 24 heavy (non-hydrogen) atoms. The number of nitrogens with zero attached hydrogens (tertiary/aromatic N) is 2. The molecule has 1 N–H and O–H groups in total. The van der Waals surface area contributed by atoms with Crippen LogP contribution in [0.1, 0.15) is 41.4 Å². The number of nitriles is 1. The highest BCUT2D eigenvalue weighted by molar-refractivity contribution is 7.91. The Kier molecular flexibility index (Phi) is 5.44. The summed E-state index contributed by atoms with van der Waals surface area (Å²) in [5, 5.41) is 8.94. The SMILES string of the molecule is CCS(=O)(=O)CC1CCN(C(=O)c2cc(C#N)c(=O)[nH]c2C)CC1. The van der Waals surface area contributed by atoms with Crippen LogP contribution in [0.25, 0.3) is 0 Å². The highest BCUT2D eigenvalue weighted by atomic mass is 32.2. The lowest BCUT2D eigenvalue weighted by molar-refractivity contribution is 0.0697. The van der Waals surface area contributed by atoms with Gasteiger partial charge in [-0.3, -0.25) is 9.59 Å². The van der Waals surface area contributed by atoms with Gasteiger partial charge in [-0.15, -0.1) is 0 Å². The number of aromatic amines is 1. The van der Waals surface area contributed by atoms with Gasteiger partial charge in [-0.1, -0.05) is 6.92 Å². The highest BCUT2D eigenvalue weighted by Crippen LogP contribution is 2.21. The van der Waals surface area contributed by atoms with E-state index in [-0.39, 0.29) is 28.9 Å². The molecule has 1 aromatic heterocycles. The number of carbonyl (C=O) groups excluding carboxylic acids is 1. The first kappa shape index (κ1) is 18.2.